The molecule has 1 heterocycles. The first-order valence-corrected chi connectivity index (χ1v) is 4.68. The Labute approximate surface area is 104 Å². The first kappa shape index (κ1) is 10.4. The number of aromatic nitrogens is 1. The Morgan fingerprint density at radius 1 is 0.733 bits per heavy atom. The van der Waals surface area contributed by atoms with Crippen LogP contribution in [-0.2, 0) is 22.4 Å². The number of benzene rings is 2. The van der Waals surface area contributed by atoms with Crippen LogP contribution in [0.3, 0.4) is 0 Å². The standard InChI is InChI=1S/C13H9N.Au/c1-2-6-12-10(4-1)7-8-11-5-3-9-14-13(11)12;/h1-9H;. The van der Waals surface area contributed by atoms with E-state index in [1.54, 1.807) is 0 Å². The summed E-state index contributed by atoms with van der Waals surface area (Å²) in [7, 11) is 0. The first-order valence-electron chi connectivity index (χ1n) is 4.68. The van der Waals surface area contributed by atoms with Crippen molar-refractivity contribution < 1.29 is 22.4 Å². The molecule has 1 radical (unpaired) electrons. The Kier molecular flexibility index (Phi) is 2.87. The van der Waals surface area contributed by atoms with E-state index < -0.39 is 0 Å². The molecule has 0 aliphatic carbocycles. The third-order valence-corrected chi connectivity index (χ3v) is 2.50. The summed E-state index contributed by atoms with van der Waals surface area (Å²) < 4.78 is 0. The van der Waals surface area contributed by atoms with E-state index in [1.807, 2.05) is 12.3 Å². The molecule has 2 aromatic carbocycles. The second-order valence-corrected chi connectivity index (χ2v) is 3.36. The number of hydrogen-bond donors (Lipinski definition) is 0. The van der Waals surface area contributed by atoms with Crippen LogP contribution in [0.5, 0.6) is 0 Å². The van der Waals surface area contributed by atoms with Crippen molar-refractivity contribution in [3.05, 3.63) is 54.7 Å². The van der Waals surface area contributed by atoms with Gasteiger partial charge in [0.05, 0.1) is 5.52 Å². The van der Waals surface area contributed by atoms with Crippen LogP contribution >= 0.6 is 0 Å². The van der Waals surface area contributed by atoms with Crippen molar-refractivity contribution in [2.24, 2.45) is 0 Å². The topological polar surface area (TPSA) is 12.9 Å². The fourth-order valence-corrected chi connectivity index (χ4v) is 1.81. The summed E-state index contributed by atoms with van der Waals surface area (Å²) in [5.74, 6) is 0. The predicted octanol–water partition coefficient (Wildman–Crippen LogP) is 3.39. The van der Waals surface area contributed by atoms with Gasteiger partial charge in [-0.15, -0.1) is 0 Å². The van der Waals surface area contributed by atoms with Crippen molar-refractivity contribution in [3.63, 3.8) is 0 Å². The van der Waals surface area contributed by atoms with E-state index >= 15 is 0 Å². The summed E-state index contributed by atoms with van der Waals surface area (Å²) >= 11 is 0. The molecule has 0 aliphatic rings. The van der Waals surface area contributed by atoms with Gasteiger partial charge in [0.1, 0.15) is 0 Å². The third-order valence-electron chi connectivity index (χ3n) is 2.50. The Morgan fingerprint density at radius 3 is 2.40 bits per heavy atom. The molecule has 0 amide bonds. The maximum atomic E-state index is 4.41. The van der Waals surface area contributed by atoms with Crippen LogP contribution in [0.1, 0.15) is 0 Å². The van der Waals surface area contributed by atoms with Crippen molar-refractivity contribution in [2.45, 2.75) is 0 Å². The molecule has 15 heavy (non-hydrogen) atoms. The zero-order valence-corrected chi connectivity index (χ0v) is 10.1. The van der Waals surface area contributed by atoms with E-state index in [9.17, 15) is 0 Å². The molecule has 77 valence electrons. The van der Waals surface area contributed by atoms with Crippen molar-refractivity contribution in [1.29, 1.82) is 0 Å². The number of nitrogens with zero attached hydrogens (tertiary/aromatic N) is 1. The van der Waals surface area contributed by atoms with Gasteiger partial charge in [-0.05, 0) is 11.5 Å². The summed E-state index contributed by atoms with van der Waals surface area (Å²) in [6, 6.07) is 16.7. The molecule has 0 saturated carbocycles. The SMILES string of the molecule is [Au].c1ccc2c(c1)ccc1cccnc12. The van der Waals surface area contributed by atoms with E-state index in [4.69, 9.17) is 0 Å². The van der Waals surface area contributed by atoms with Gasteiger partial charge in [0.25, 0.3) is 0 Å². The summed E-state index contributed by atoms with van der Waals surface area (Å²) in [5.41, 5.74) is 1.09. The normalized spacial score (nSPS) is 10.1. The quantitative estimate of drug-likeness (QED) is 0.433. The van der Waals surface area contributed by atoms with E-state index in [-0.39, 0.29) is 22.4 Å². The first-order chi connectivity index (χ1) is 6.95. The average Bonchev–Trinajstić information content (AvgIpc) is 2.29. The monoisotopic (exact) mass is 376 g/mol. The second-order valence-electron chi connectivity index (χ2n) is 3.36. The Balaban J connectivity index is 0.000000853. The fraction of sp³-hybridized carbons (Fsp3) is 0. The zero-order valence-electron chi connectivity index (χ0n) is 7.94. The number of rotatable bonds is 0. The zero-order chi connectivity index (χ0) is 9.38. The molecule has 0 fully saturated rings. The molecule has 0 spiro atoms. The van der Waals surface area contributed by atoms with Gasteiger partial charge in [0.15, 0.2) is 0 Å². The average molecular weight is 376 g/mol. The summed E-state index contributed by atoms with van der Waals surface area (Å²) in [4.78, 5) is 4.41. The van der Waals surface area contributed by atoms with Gasteiger partial charge in [0.2, 0.25) is 0 Å². The van der Waals surface area contributed by atoms with Crippen molar-refractivity contribution in [1.82, 2.24) is 4.98 Å². The molecular weight excluding hydrogens is 367 g/mol. The molecule has 0 atom stereocenters. The molecule has 0 unspecified atom stereocenters. The number of pyridine rings is 1. The predicted molar refractivity (Wildman–Crippen MR) is 59.2 cm³/mol. The van der Waals surface area contributed by atoms with E-state index in [1.165, 1.54) is 16.2 Å². The van der Waals surface area contributed by atoms with Gasteiger partial charge in [-0.25, -0.2) is 0 Å². The molecule has 0 aliphatic heterocycles. The molecule has 3 rings (SSSR count). The van der Waals surface area contributed by atoms with Crippen LogP contribution in [0.2, 0.25) is 0 Å². The van der Waals surface area contributed by atoms with Gasteiger partial charge in [-0.1, -0.05) is 42.5 Å². The molecule has 0 bridgehead atoms. The minimum atomic E-state index is 0. The smallest absolute Gasteiger partial charge is 0.0780 e. The summed E-state index contributed by atoms with van der Waals surface area (Å²) in [6.07, 6.45) is 1.84. The summed E-state index contributed by atoms with van der Waals surface area (Å²) in [6.45, 7) is 0. The Bertz CT molecular complexity index is 550. The van der Waals surface area contributed by atoms with Crippen LogP contribution in [0.25, 0.3) is 21.7 Å². The van der Waals surface area contributed by atoms with Crippen LogP contribution < -0.4 is 0 Å². The second kappa shape index (κ2) is 4.15. The van der Waals surface area contributed by atoms with Crippen LogP contribution in [0.15, 0.2) is 54.7 Å². The molecular formula is C13H9AuN. The summed E-state index contributed by atoms with van der Waals surface area (Å²) in [5, 5.41) is 3.68. The fourth-order valence-electron chi connectivity index (χ4n) is 1.81. The van der Waals surface area contributed by atoms with Gasteiger partial charge in [0, 0.05) is 39.3 Å². The van der Waals surface area contributed by atoms with Gasteiger partial charge in [-0.2, -0.15) is 0 Å². The molecule has 1 aromatic heterocycles. The van der Waals surface area contributed by atoms with Crippen LogP contribution in [0.4, 0.5) is 0 Å². The minimum Gasteiger partial charge on any atom is -0.256 e. The molecule has 0 N–H and O–H groups in total. The van der Waals surface area contributed by atoms with Crippen molar-refractivity contribution in [3.8, 4) is 0 Å². The van der Waals surface area contributed by atoms with Gasteiger partial charge in [-0.3, -0.25) is 4.98 Å². The third kappa shape index (κ3) is 1.70. The van der Waals surface area contributed by atoms with Crippen LogP contribution in [0, 0.1) is 0 Å². The Morgan fingerprint density at radius 2 is 1.47 bits per heavy atom. The Hall–Kier alpha value is -1.15. The van der Waals surface area contributed by atoms with Gasteiger partial charge >= 0.3 is 0 Å². The van der Waals surface area contributed by atoms with Crippen molar-refractivity contribution >= 4 is 21.7 Å². The van der Waals surface area contributed by atoms with E-state index in [0.717, 1.165) is 5.52 Å². The molecule has 1 nitrogen and oxygen atoms in total. The molecule has 0 saturated heterocycles. The van der Waals surface area contributed by atoms with E-state index in [2.05, 4.69) is 47.4 Å². The molecule has 3 aromatic rings. The minimum absolute atomic E-state index is 0. The number of hydrogen-bond acceptors (Lipinski definition) is 1. The van der Waals surface area contributed by atoms with E-state index in [0.29, 0.717) is 0 Å². The van der Waals surface area contributed by atoms with Crippen LogP contribution in [-0.4, -0.2) is 4.98 Å². The maximum Gasteiger partial charge on any atom is 0.0780 e. The maximum absolute atomic E-state index is 4.41. The largest absolute Gasteiger partial charge is 0.256 e. The number of fused-ring (bicyclic) bond motifs is 3. The van der Waals surface area contributed by atoms with Crippen molar-refractivity contribution in [2.75, 3.05) is 0 Å². The van der Waals surface area contributed by atoms with Gasteiger partial charge < -0.3 is 0 Å². The molecule has 2 heteroatoms.